The highest BCUT2D eigenvalue weighted by atomic mass is 16.5. The Morgan fingerprint density at radius 1 is 1.00 bits per heavy atom. The largest absolute Gasteiger partial charge is 0.427 e. The lowest BCUT2D eigenvalue weighted by Gasteiger charge is -2.06. The molecule has 0 heterocycles. The van der Waals surface area contributed by atoms with Crippen molar-refractivity contribution in [2.24, 2.45) is 0 Å². The molecule has 112 valence electrons. The van der Waals surface area contributed by atoms with Crippen LogP contribution in [0.4, 0.5) is 0 Å². The van der Waals surface area contributed by atoms with Crippen molar-refractivity contribution >= 4 is 5.97 Å². The van der Waals surface area contributed by atoms with E-state index in [0.717, 1.165) is 30.4 Å². The Kier molecular flexibility index (Phi) is 5.73. The highest BCUT2D eigenvalue weighted by Crippen LogP contribution is 2.23. The molecule has 0 spiro atoms. The van der Waals surface area contributed by atoms with Crippen LogP contribution >= 0.6 is 0 Å². The predicted molar refractivity (Wildman–Crippen MR) is 86.4 cm³/mol. The second kappa shape index (κ2) is 7.99. The number of esters is 1. The molecule has 0 aliphatic heterocycles. The van der Waals surface area contributed by atoms with Crippen LogP contribution in [0.2, 0.25) is 0 Å². The van der Waals surface area contributed by atoms with E-state index in [1.54, 1.807) is 24.3 Å². The van der Waals surface area contributed by atoms with Crippen molar-refractivity contribution < 1.29 is 9.53 Å². The van der Waals surface area contributed by atoms with Gasteiger partial charge in [0.25, 0.3) is 0 Å². The van der Waals surface area contributed by atoms with Gasteiger partial charge in [-0.25, -0.2) is 0 Å². The number of benzene rings is 2. The van der Waals surface area contributed by atoms with Crippen molar-refractivity contribution in [2.75, 3.05) is 0 Å². The van der Waals surface area contributed by atoms with Crippen molar-refractivity contribution in [1.29, 1.82) is 5.26 Å². The van der Waals surface area contributed by atoms with Gasteiger partial charge in [-0.15, -0.1) is 0 Å². The average molecular weight is 293 g/mol. The van der Waals surface area contributed by atoms with Crippen LogP contribution in [0.15, 0.2) is 48.5 Å². The Bertz CT molecular complexity index is 651. The first-order chi connectivity index (χ1) is 10.7. The fraction of sp³-hybridized carbons (Fsp3) is 0.263. The Labute approximate surface area is 131 Å². The summed E-state index contributed by atoms with van der Waals surface area (Å²) in [6, 6.07) is 16.9. The molecule has 0 atom stereocenters. The highest BCUT2D eigenvalue weighted by Gasteiger charge is 2.05. The van der Waals surface area contributed by atoms with Gasteiger partial charge in [-0.05, 0) is 41.8 Å². The van der Waals surface area contributed by atoms with Crippen LogP contribution in [0, 0.1) is 11.3 Å². The van der Waals surface area contributed by atoms with Gasteiger partial charge in [0.15, 0.2) is 0 Å². The van der Waals surface area contributed by atoms with Gasteiger partial charge in [0, 0.05) is 6.42 Å². The number of nitriles is 1. The van der Waals surface area contributed by atoms with Gasteiger partial charge in [0.2, 0.25) is 0 Å². The lowest BCUT2D eigenvalue weighted by molar-refractivity contribution is -0.134. The zero-order valence-electron chi connectivity index (χ0n) is 12.7. The minimum atomic E-state index is -0.181. The second-order valence-electron chi connectivity index (χ2n) is 5.14. The topological polar surface area (TPSA) is 50.1 Å². The minimum absolute atomic E-state index is 0.181. The maximum atomic E-state index is 11.7. The maximum absolute atomic E-state index is 11.7. The molecule has 0 aliphatic rings. The van der Waals surface area contributed by atoms with Crippen molar-refractivity contribution in [2.45, 2.75) is 32.6 Å². The summed E-state index contributed by atoms with van der Waals surface area (Å²) in [6.45, 7) is 2.10. The molecule has 0 saturated carbocycles. The predicted octanol–water partition coefficient (Wildman–Crippen LogP) is 4.71. The molecule has 0 radical (unpaired) electrons. The summed E-state index contributed by atoms with van der Waals surface area (Å²) in [5, 5.41) is 8.80. The van der Waals surface area contributed by atoms with Crippen LogP contribution in [-0.4, -0.2) is 5.97 Å². The fourth-order valence-corrected chi connectivity index (χ4v) is 2.15. The summed E-state index contributed by atoms with van der Waals surface area (Å²) < 4.78 is 5.31. The van der Waals surface area contributed by atoms with Crippen molar-refractivity contribution in [3.05, 3.63) is 54.1 Å². The Morgan fingerprint density at radius 3 is 2.14 bits per heavy atom. The zero-order valence-corrected chi connectivity index (χ0v) is 12.7. The standard InChI is InChI=1S/C19H19NO2/c1-2-3-4-5-19(21)22-18-12-10-17(11-13-18)16-8-6-15(14-20)7-9-16/h6-13H,2-5H2,1H3. The highest BCUT2D eigenvalue weighted by molar-refractivity contribution is 5.73. The number of hydrogen-bond acceptors (Lipinski definition) is 3. The Balaban J connectivity index is 1.97. The molecule has 0 N–H and O–H groups in total. The van der Waals surface area contributed by atoms with Gasteiger partial charge in [0.1, 0.15) is 5.75 Å². The van der Waals surface area contributed by atoms with Crippen LogP contribution in [0.1, 0.15) is 38.2 Å². The van der Waals surface area contributed by atoms with Crippen molar-refractivity contribution in [3.8, 4) is 22.9 Å². The molecular formula is C19H19NO2. The molecule has 0 unspecified atom stereocenters. The summed E-state index contributed by atoms with van der Waals surface area (Å²) >= 11 is 0. The number of hydrogen-bond donors (Lipinski definition) is 0. The number of ether oxygens (including phenoxy) is 1. The van der Waals surface area contributed by atoms with Crippen LogP contribution < -0.4 is 4.74 Å². The van der Waals surface area contributed by atoms with E-state index in [0.29, 0.717) is 17.7 Å². The normalized spacial score (nSPS) is 10.0. The van der Waals surface area contributed by atoms with Gasteiger partial charge in [-0.3, -0.25) is 4.79 Å². The van der Waals surface area contributed by atoms with E-state index in [1.165, 1.54) is 0 Å². The Hall–Kier alpha value is -2.60. The van der Waals surface area contributed by atoms with Gasteiger partial charge in [-0.1, -0.05) is 44.0 Å². The van der Waals surface area contributed by atoms with E-state index in [2.05, 4.69) is 13.0 Å². The molecule has 0 aliphatic carbocycles. The smallest absolute Gasteiger partial charge is 0.311 e. The summed E-state index contributed by atoms with van der Waals surface area (Å²) in [7, 11) is 0. The number of nitrogens with zero attached hydrogens (tertiary/aromatic N) is 1. The van der Waals surface area contributed by atoms with E-state index < -0.39 is 0 Å². The summed E-state index contributed by atoms with van der Waals surface area (Å²) in [5.41, 5.74) is 2.69. The first kappa shape index (κ1) is 15.8. The first-order valence-corrected chi connectivity index (χ1v) is 7.54. The molecule has 0 saturated heterocycles. The third-order valence-corrected chi connectivity index (χ3v) is 3.42. The van der Waals surface area contributed by atoms with E-state index in [4.69, 9.17) is 10.00 Å². The molecule has 2 aromatic rings. The molecule has 22 heavy (non-hydrogen) atoms. The van der Waals surface area contributed by atoms with Crippen molar-refractivity contribution in [3.63, 3.8) is 0 Å². The van der Waals surface area contributed by atoms with E-state index in [-0.39, 0.29) is 5.97 Å². The lowest BCUT2D eigenvalue weighted by atomic mass is 10.0. The number of unbranched alkanes of at least 4 members (excludes halogenated alkanes) is 2. The minimum Gasteiger partial charge on any atom is -0.427 e. The van der Waals surface area contributed by atoms with Crippen molar-refractivity contribution in [1.82, 2.24) is 0 Å². The molecule has 0 aromatic heterocycles. The van der Waals surface area contributed by atoms with Gasteiger partial charge < -0.3 is 4.74 Å². The average Bonchev–Trinajstić information content (AvgIpc) is 2.56. The fourth-order valence-electron chi connectivity index (χ4n) is 2.15. The molecule has 0 amide bonds. The SMILES string of the molecule is CCCCCC(=O)Oc1ccc(-c2ccc(C#N)cc2)cc1. The quantitative estimate of drug-likeness (QED) is 0.440. The zero-order chi connectivity index (χ0) is 15.8. The molecule has 3 heteroatoms. The van der Waals surface area contributed by atoms with E-state index >= 15 is 0 Å². The molecule has 2 aromatic carbocycles. The Morgan fingerprint density at radius 2 is 1.59 bits per heavy atom. The number of rotatable bonds is 6. The summed E-state index contributed by atoms with van der Waals surface area (Å²) in [5.74, 6) is 0.387. The van der Waals surface area contributed by atoms with E-state index in [1.807, 2.05) is 24.3 Å². The van der Waals surface area contributed by atoms with Crippen LogP contribution in [-0.2, 0) is 4.79 Å². The first-order valence-electron chi connectivity index (χ1n) is 7.54. The van der Waals surface area contributed by atoms with Gasteiger partial charge in [0.05, 0.1) is 11.6 Å². The van der Waals surface area contributed by atoms with Crippen LogP contribution in [0.25, 0.3) is 11.1 Å². The molecule has 2 rings (SSSR count). The number of carbonyl (C=O) groups is 1. The number of carbonyl (C=O) groups excluding carboxylic acids is 1. The molecule has 0 bridgehead atoms. The third kappa shape index (κ3) is 4.46. The molecule has 0 fully saturated rings. The third-order valence-electron chi connectivity index (χ3n) is 3.42. The van der Waals surface area contributed by atoms with Crippen LogP contribution in [0.5, 0.6) is 5.75 Å². The summed E-state index contributed by atoms with van der Waals surface area (Å²) in [4.78, 5) is 11.7. The molecular weight excluding hydrogens is 274 g/mol. The monoisotopic (exact) mass is 293 g/mol. The van der Waals surface area contributed by atoms with E-state index in [9.17, 15) is 4.79 Å². The summed E-state index contributed by atoms with van der Waals surface area (Å²) in [6.07, 6.45) is 3.48. The second-order valence-corrected chi connectivity index (χ2v) is 5.14. The molecule has 3 nitrogen and oxygen atoms in total. The van der Waals surface area contributed by atoms with Gasteiger partial charge >= 0.3 is 5.97 Å². The van der Waals surface area contributed by atoms with Crippen LogP contribution in [0.3, 0.4) is 0 Å². The maximum Gasteiger partial charge on any atom is 0.311 e. The lowest BCUT2D eigenvalue weighted by Crippen LogP contribution is -2.07. The van der Waals surface area contributed by atoms with Gasteiger partial charge in [-0.2, -0.15) is 5.26 Å².